The number of Topliss-reactive ketones (excluding diaryl/α,β-unsaturated/α-hetero) is 4. The van der Waals surface area contributed by atoms with Gasteiger partial charge in [-0.2, -0.15) is 0 Å². The van der Waals surface area contributed by atoms with Crippen LogP contribution in [0, 0.1) is 0 Å². The van der Waals surface area contributed by atoms with E-state index >= 15 is 0 Å². The summed E-state index contributed by atoms with van der Waals surface area (Å²) in [7, 11) is 0. The molecule has 0 spiro atoms. The Balaban J connectivity index is 0.000000476. The van der Waals surface area contributed by atoms with E-state index in [2.05, 4.69) is 17.6 Å². The molecule has 0 saturated carbocycles. The average molecular weight is 643 g/mol. The highest BCUT2D eigenvalue weighted by Crippen LogP contribution is 2.31. The molecule has 10 heteroatoms. The molecular formula is C36H54N2O8. The second kappa shape index (κ2) is 19.2. The maximum atomic E-state index is 12.7. The fourth-order valence-electron chi connectivity index (χ4n) is 5.14. The number of allylic oxidation sites excluding steroid dienone is 7. The van der Waals surface area contributed by atoms with E-state index in [4.69, 9.17) is 5.11 Å². The zero-order chi connectivity index (χ0) is 35.2. The van der Waals surface area contributed by atoms with Crippen LogP contribution in [0.3, 0.4) is 0 Å². The fourth-order valence-corrected chi connectivity index (χ4v) is 5.14. The lowest BCUT2D eigenvalue weighted by molar-refractivity contribution is -0.122. The largest absolute Gasteiger partial charge is 0.395 e. The van der Waals surface area contributed by atoms with E-state index in [1.807, 2.05) is 0 Å². The van der Waals surface area contributed by atoms with Gasteiger partial charge >= 0.3 is 0 Å². The second-order valence-electron chi connectivity index (χ2n) is 12.7. The summed E-state index contributed by atoms with van der Waals surface area (Å²) in [5, 5.41) is 23.9. The van der Waals surface area contributed by atoms with Gasteiger partial charge in [0, 0.05) is 70.5 Å². The molecule has 2 rings (SSSR count). The van der Waals surface area contributed by atoms with Gasteiger partial charge in [0.15, 0.2) is 23.1 Å². The van der Waals surface area contributed by atoms with Gasteiger partial charge in [-0.25, -0.2) is 0 Å². The highest BCUT2D eigenvalue weighted by atomic mass is 16.3. The molecule has 0 heterocycles. The molecule has 2 aliphatic carbocycles. The molecule has 0 aromatic rings. The Bertz CT molecular complexity index is 1320. The number of ketones is 4. The molecule has 2 amide bonds. The van der Waals surface area contributed by atoms with Crippen LogP contribution in [0.25, 0.3) is 0 Å². The molecule has 0 saturated heterocycles. The number of aliphatic hydroxyl groups excluding tert-OH is 1. The van der Waals surface area contributed by atoms with Crippen molar-refractivity contribution in [2.24, 2.45) is 0 Å². The molecule has 2 aliphatic rings. The van der Waals surface area contributed by atoms with E-state index < -0.39 is 5.60 Å². The smallest absolute Gasteiger partial charge is 0.220 e. The van der Waals surface area contributed by atoms with Crippen molar-refractivity contribution in [2.45, 2.75) is 125 Å². The van der Waals surface area contributed by atoms with E-state index in [0.29, 0.717) is 89.7 Å². The summed E-state index contributed by atoms with van der Waals surface area (Å²) < 4.78 is 0. The van der Waals surface area contributed by atoms with Crippen molar-refractivity contribution < 1.29 is 39.0 Å². The number of amides is 2. The monoisotopic (exact) mass is 642 g/mol. The first-order chi connectivity index (χ1) is 21.5. The summed E-state index contributed by atoms with van der Waals surface area (Å²) in [4.78, 5) is 72.6. The first-order valence-corrected chi connectivity index (χ1v) is 16.3. The van der Waals surface area contributed by atoms with Crippen LogP contribution in [0.1, 0.15) is 120 Å². The SMILES string of the molecule is CC1=C(C)C(=O)C(CCCC(=O)NCCO)=C(C)C1=O.CCCCCC(=O)NCCC1=C(CCC(C)(C)O)C(=O)C(C)=C(C)C1=O. The van der Waals surface area contributed by atoms with Gasteiger partial charge in [0.05, 0.1) is 12.2 Å². The number of nitrogens with one attached hydrogen (secondary N) is 2. The number of unbranched alkanes of at least 4 members (excludes halogenated alkanes) is 2. The van der Waals surface area contributed by atoms with Gasteiger partial charge < -0.3 is 20.8 Å². The summed E-state index contributed by atoms with van der Waals surface area (Å²) in [5.41, 5.74) is 3.05. The van der Waals surface area contributed by atoms with Gasteiger partial charge in [-0.15, -0.1) is 0 Å². The van der Waals surface area contributed by atoms with Crippen LogP contribution in [0.4, 0.5) is 0 Å². The van der Waals surface area contributed by atoms with Crippen LogP contribution >= 0.6 is 0 Å². The summed E-state index contributed by atoms with van der Waals surface area (Å²) in [6, 6.07) is 0. The third-order valence-electron chi connectivity index (χ3n) is 8.42. The lowest BCUT2D eigenvalue weighted by atomic mass is 9.81. The third kappa shape index (κ3) is 12.4. The van der Waals surface area contributed by atoms with Gasteiger partial charge in [-0.3, -0.25) is 28.8 Å². The van der Waals surface area contributed by atoms with Crippen molar-refractivity contribution in [3.8, 4) is 0 Å². The Morgan fingerprint density at radius 1 is 0.609 bits per heavy atom. The Morgan fingerprint density at radius 3 is 1.57 bits per heavy atom. The van der Waals surface area contributed by atoms with Crippen LogP contribution in [0.5, 0.6) is 0 Å². The molecule has 256 valence electrons. The van der Waals surface area contributed by atoms with Crippen LogP contribution in [-0.2, 0) is 28.8 Å². The molecule has 0 aliphatic heterocycles. The quantitative estimate of drug-likeness (QED) is 0.141. The first kappa shape index (κ1) is 40.5. The summed E-state index contributed by atoms with van der Waals surface area (Å²) >= 11 is 0. The lowest BCUT2D eigenvalue weighted by Gasteiger charge is -2.23. The third-order valence-corrected chi connectivity index (χ3v) is 8.42. The summed E-state index contributed by atoms with van der Waals surface area (Å²) in [6.07, 6.45) is 5.75. The fraction of sp³-hybridized carbons (Fsp3) is 0.611. The van der Waals surface area contributed by atoms with Crippen molar-refractivity contribution in [3.05, 3.63) is 44.6 Å². The Morgan fingerprint density at radius 2 is 1.07 bits per heavy atom. The first-order valence-electron chi connectivity index (χ1n) is 16.3. The number of aliphatic hydroxyl groups is 2. The lowest BCUT2D eigenvalue weighted by Crippen LogP contribution is -2.29. The van der Waals surface area contributed by atoms with Gasteiger partial charge in [-0.1, -0.05) is 19.8 Å². The minimum Gasteiger partial charge on any atom is -0.395 e. The molecule has 4 N–H and O–H groups in total. The predicted molar refractivity (Wildman–Crippen MR) is 178 cm³/mol. The molecule has 0 unspecified atom stereocenters. The standard InChI is InChI=1S/C21H33NO4.C15H21NO4/c1-6-7-8-9-18(23)22-13-11-17-16(10-12-21(4,5)26)19(24)14(2)15(3)20(17)25;1-9-10(2)15(20)12(11(3)14(9)19)5-4-6-13(18)16-7-8-17/h26H,6-13H2,1-5H3,(H,22,23);17H,4-8H2,1-3H3,(H,16,18). The molecule has 10 nitrogen and oxygen atoms in total. The number of hydrogen-bond acceptors (Lipinski definition) is 8. The molecule has 0 radical (unpaired) electrons. The Labute approximate surface area is 273 Å². The van der Waals surface area contributed by atoms with Crippen molar-refractivity contribution in [3.63, 3.8) is 0 Å². The van der Waals surface area contributed by atoms with Crippen LogP contribution in [0.2, 0.25) is 0 Å². The van der Waals surface area contributed by atoms with Crippen LogP contribution in [0.15, 0.2) is 44.6 Å². The van der Waals surface area contributed by atoms with E-state index in [-0.39, 0.29) is 54.5 Å². The van der Waals surface area contributed by atoms with Gasteiger partial charge in [0.1, 0.15) is 0 Å². The highest BCUT2D eigenvalue weighted by Gasteiger charge is 2.31. The number of rotatable bonds is 16. The number of carbonyl (C=O) groups excluding carboxylic acids is 6. The van der Waals surface area contributed by atoms with Crippen LogP contribution < -0.4 is 10.6 Å². The maximum Gasteiger partial charge on any atom is 0.220 e. The molecule has 46 heavy (non-hydrogen) atoms. The zero-order valence-electron chi connectivity index (χ0n) is 29.0. The minimum absolute atomic E-state index is 0.0184. The number of carbonyl (C=O) groups is 6. The molecule has 0 atom stereocenters. The average Bonchev–Trinajstić information content (AvgIpc) is 3.00. The van der Waals surface area contributed by atoms with Gasteiger partial charge in [0.2, 0.25) is 11.8 Å². The van der Waals surface area contributed by atoms with E-state index in [1.165, 1.54) is 0 Å². The van der Waals surface area contributed by atoms with Crippen molar-refractivity contribution in [1.29, 1.82) is 0 Å². The summed E-state index contributed by atoms with van der Waals surface area (Å²) in [5.74, 6) is -0.577. The normalized spacial score (nSPS) is 15.9. The van der Waals surface area contributed by atoms with Crippen molar-refractivity contribution >= 4 is 34.9 Å². The molecule has 0 aromatic heterocycles. The predicted octanol–water partition coefficient (Wildman–Crippen LogP) is 4.48. The molecule has 0 fully saturated rings. The topological polar surface area (TPSA) is 167 Å². The zero-order valence-corrected chi connectivity index (χ0v) is 29.0. The summed E-state index contributed by atoms with van der Waals surface area (Å²) in [6.45, 7) is 14.3. The van der Waals surface area contributed by atoms with Crippen molar-refractivity contribution in [1.82, 2.24) is 10.6 Å². The Hall–Kier alpha value is -3.50. The molecule has 0 aromatic carbocycles. The second-order valence-corrected chi connectivity index (χ2v) is 12.7. The van der Waals surface area contributed by atoms with Gasteiger partial charge in [0.25, 0.3) is 0 Å². The van der Waals surface area contributed by atoms with E-state index in [1.54, 1.807) is 48.5 Å². The van der Waals surface area contributed by atoms with Crippen LogP contribution in [-0.4, -0.2) is 70.5 Å². The van der Waals surface area contributed by atoms with Crippen molar-refractivity contribution in [2.75, 3.05) is 19.7 Å². The van der Waals surface area contributed by atoms with E-state index in [9.17, 15) is 33.9 Å². The molecular weight excluding hydrogens is 588 g/mol. The minimum atomic E-state index is -0.904. The van der Waals surface area contributed by atoms with Gasteiger partial charge in [-0.05, 0) is 87.0 Å². The van der Waals surface area contributed by atoms with E-state index in [0.717, 1.165) is 19.3 Å². The maximum absolute atomic E-state index is 12.7. The molecule has 0 bridgehead atoms. The number of hydrogen-bond donors (Lipinski definition) is 4. The Kier molecular flexibility index (Phi) is 16.9. The highest BCUT2D eigenvalue weighted by molar-refractivity contribution is 6.25.